The maximum Gasteiger partial charge on any atom is 0.255 e. The van der Waals surface area contributed by atoms with Gasteiger partial charge >= 0.3 is 0 Å². The Labute approximate surface area is 153 Å². The number of likely N-dealkylation sites (N-methyl/N-ethyl adjacent to an activating group) is 1. The highest BCUT2D eigenvalue weighted by Gasteiger charge is 2.15. The Balaban J connectivity index is 1.90. The van der Waals surface area contributed by atoms with Gasteiger partial charge in [-0.15, -0.1) is 11.3 Å². The van der Waals surface area contributed by atoms with Gasteiger partial charge in [-0.25, -0.2) is 0 Å². The molecule has 1 N–H and O–H groups in total. The first-order chi connectivity index (χ1) is 11.5. The lowest BCUT2D eigenvalue weighted by molar-refractivity contribution is -0.129. The Morgan fingerprint density at radius 1 is 1.25 bits per heavy atom. The monoisotopic (exact) mass is 410 g/mol. The van der Waals surface area contributed by atoms with Gasteiger partial charge in [0.25, 0.3) is 5.91 Å². The molecule has 1 heterocycles. The summed E-state index contributed by atoms with van der Waals surface area (Å²) in [7, 11) is 1.72. The summed E-state index contributed by atoms with van der Waals surface area (Å²) < 4.78 is 6.46. The van der Waals surface area contributed by atoms with Crippen LogP contribution in [0.5, 0.6) is 5.75 Å². The highest BCUT2D eigenvalue weighted by atomic mass is 79.9. The number of para-hydroxylation sites is 1. The molecular formula is C17H19BrN2O3S. The van der Waals surface area contributed by atoms with Gasteiger partial charge in [0, 0.05) is 11.9 Å². The average Bonchev–Trinajstić information content (AvgIpc) is 2.98. The van der Waals surface area contributed by atoms with Crippen molar-refractivity contribution in [1.82, 2.24) is 10.2 Å². The predicted molar refractivity (Wildman–Crippen MR) is 98.4 cm³/mol. The van der Waals surface area contributed by atoms with Crippen LogP contribution in [0.25, 0.3) is 0 Å². The molecule has 0 bridgehead atoms. The Morgan fingerprint density at radius 2 is 2.00 bits per heavy atom. The molecule has 0 saturated carbocycles. The molecule has 0 saturated heterocycles. The molecule has 0 spiro atoms. The van der Waals surface area contributed by atoms with Crippen LogP contribution in [0.3, 0.4) is 0 Å². The van der Waals surface area contributed by atoms with Crippen LogP contribution in [-0.4, -0.2) is 36.9 Å². The highest BCUT2D eigenvalue weighted by molar-refractivity contribution is 9.11. The number of benzene rings is 1. The van der Waals surface area contributed by atoms with Crippen molar-refractivity contribution in [3.05, 3.63) is 50.6 Å². The molecule has 2 rings (SSSR count). The fourth-order valence-electron chi connectivity index (χ4n) is 2.08. The van der Waals surface area contributed by atoms with E-state index in [1.807, 2.05) is 19.1 Å². The second-order valence-electron chi connectivity index (χ2n) is 5.07. The summed E-state index contributed by atoms with van der Waals surface area (Å²) in [5.41, 5.74) is 0.428. The van der Waals surface area contributed by atoms with E-state index in [2.05, 4.69) is 21.2 Å². The molecule has 0 aliphatic carbocycles. The van der Waals surface area contributed by atoms with Crippen molar-refractivity contribution in [2.45, 2.75) is 13.5 Å². The van der Waals surface area contributed by atoms with Crippen molar-refractivity contribution >= 4 is 39.1 Å². The minimum Gasteiger partial charge on any atom is -0.493 e. The molecule has 0 radical (unpaired) electrons. The van der Waals surface area contributed by atoms with Crippen molar-refractivity contribution in [3.63, 3.8) is 0 Å². The number of amides is 2. The number of nitrogens with one attached hydrogen (secondary N) is 1. The maximum atomic E-state index is 12.3. The first-order valence-corrected chi connectivity index (χ1v) is 9.10. The number of halogens is 1. The lowest BCUT2D eigenvalue weighted by Gasteiger charge is -2.17. The van der Waals surface area contributed by atoms with E-state index >= 15 is 0 Å². The molecule has 128 valence electrons. The molecule has 1 aromatic carbocycles. The number of ether oxygens (including phenoxy) is 1. The van der Waals surface area contributed by atoms with Crippen LogP contribution in [0.4, 0.5) is 0 Å². The van der Waals surface area contributed by atoms with E-state index in [1.165, 1.54) is 0 Å². The third-order valence-electron chi connectivity index (χ3n) is 3.28. The Bertz CT molecular complexity index is 717. The largest absolute Gasteiger partial charge is 0.493 e. The topological polar surface area (TPSA) is 58.6 Å². The van der Waals surface area contributed by atoms with Gasteiger partial charge in [0.05, 0.1) is 29.0 Å². The molecule has 2 amide bonds. The molecular weight excluding hydrogens is 392 g/mol. The first kappa shape index (κ1) is 18.5. The van der Waals surface area contributed by atoms with Crippen molar-refractivity contribution in [3.8, 4) is 5.75 Å². The van der Waals surface area contributed by atoms with Gasteiger partial charge in [-0.2, -0.15) is 0 Å². The Hall–Kier alpha value is -1.86. The summed E-state index contributed by atoms with van der Waals surface area (Å²) in [5.74, 6) is 0.0446. The second-order valence-corrected chi connectivity index (χ2v) is 7.62. The molecule has 1 aromatic heterocycles. The molecule has 0 fully saturated rings. The predicted octanol–water partition coefficient (Wildman–Crippen LogP) is 3.30. The van der Waals surface area contributed by atoms with Crippen LogP contribution in [-0.2, 0) is 11.3 Å². The number of carbonyl (C=O) groups excluding carboxylic acids is 2. The zero-order chi connectivity index (χ0) is 17.5. The highest BCUT2D eigenvalue weighted by Crippen LogP contribution is 2.23. The first-order valence-electron chi connectivity index (χ1n) is 7.49. The third kappa shape index (κ3) is 5.07. The summed E-state index contributed by atoms with van der Waals surface area (Å²) in [5, 5.41) is 2.65. The molecule has 5 nitrogen and oxygen atoms in total. The molecule has 0 aliphatic heterocycles. The maximum absolute atomic E-state index is 12.3. The zero-order valence-electron chi connectivity index (χ0n) is 13.5. The van der Waals surface area contributed by atoms with E-state index in [9.17, 15) is 9.59 Å². The molecule has 0 aliphatic rings. The van der Waals surface area contributed by atoms with Gasteiger partial charge in [0.2, 0.25) is 5.91 Å². The summed E-state index contributed by atoms with van der Waals surface area (Å²) in [4.78, 5) is 27.1. The number of rotatable bonds is 7. The van der Waals surface area contributed by atoms with Gasteiger partial charge < -0.3 is 15.0 Å². The minimum atomic E-state index is -0.320. The fourth-order valence-corrected chi connectivity index (χ4v) is 3.62. The molecule has 2 aromatic rings. The Kier molecular flexibility index (Phi) is 6.81. The zero-order valence-corrected chi connectivity index (χ0v) is 15.9. The lowest BCUT2D eigenvalue weighted by Crippen LogP contribution is -2.37. The molecule has 0 unspecified atom stereocenters. The van der Waals surface area contributed by atoms with Crippen molar-refractivity contribution in [1.29, 1.82) is 0 Å². The van der Waals surface area contributed by atoms with E-state index in [-0.39, 0.29) is 18.4 Å². The standard InChI is InChI=1S/C17H19BrN2O3S/c1-3-23-14-7-5-4-6-13(14)17(22)19-10-16(21)20(2)11-12-8-9-15(18)24-12/h4-9H,3,10-11H2,1-2H3,(H,19,22). The van der Waals surface area contributed by atoms with E-state index in [0.29, 0.717) is 24.5 Å². The van der Waals surface area contributed by atoms with Crippen LogP contribution in [0.15, 0.2) is 40.2 Å². The van der Waals surface area contributed by atoms with Gasteiger partial charge in [0.1, 0.15) is 5.75 Å². The summed E-state index contributed by atoms with van der Waals surface area (Å²) >= 11 is 4.98. The minimum absolute atomic E-state index is 0.0532. The van der Waals surface area contributed by atoms with Crippen molar-refractivity contribution < 1.29 is 14.3 Å². The smallest absolute Gasteiger partial charge is 0.255 e. The quantitative estimate of drug-likeness (QED) is 0.761. The lowest BCUT2D eigenvalue weighted by atomic mass is 10.2. The number of hydrogen-bond donors (Lipinski definition) is 1. The second kappa shape index (κ2) is 8.84. The van der Waals surface area contributed by atoms with E-state index in [4.69, 9.17) is 4.74 Å². The van der Waals surface area contributed by atoms with Crippen molar-refractivity contribution in [2.75, 3.05) is 20.2 Å². The van der Waals surface area contributed by atoms with Gasteiger partial charge in [0.15, 0.2) is 0 Å². The van der Waals surface area contributed by atoms with E-state index in [1.54, 1.807) is 47.5 Å². The van der Waals surface area contributed by atoms with Crippen LogP contribution >= 0.6 is 27.3 Å². The van der Waals surface area contributed by atoms with Gasteiger partial charge in [-0.1, -0.05) is 12.1 Å². The third-order valence-corrected chi connectivity index (χ3v) is 4.89. The van der Waals surface area contributed by atoms with Crippen LogP contribution in [0.1, 0.15) is 22.2 Å². The molecule has 0 atom stereocenters. The van der Waals surface area contributed by atoms with Crippen LogP contribution < -0.4 is 10.1 Å². The van der Waals surface area contributed by atoms with E-state index in [0.717, 1.165) is 8.66 Å². The SMILES string of the molecule is CCOc1ccccc1C(=O)NCC(=O)N(C)Cc1ccc(Br)s1. The van der Waals surface area contributed by atoms with Gasteiger partial charge in [-0.3, -0.25) is 9.59 Å². The van der Waals surface area contributed by atoms with Crippen LogP contribution in [0.2, 0.25) is 0 Å². The summed E-state index contributed by atoms with van der Waals surface area (Å²) in [6, 6.07) is 10.9. The number of nitrogens with zero attached hydrogens (tertiary/aromatic N) is 1. The summed E-state index contributed by atoms with van der Waals surface area (Å²) in [6.07, 6.45) is 0. The number of hydrogen-bond acceptors (Lipinski definition) is 4. The number of carbonyl (C=O) groups is 2. The fraction of sp³-hybridized carbons (Fsp3) is 0.294. The number of thiophene rings is 1. The Morgan fingerprint density at radius 3 is 2.67 bits per heavy atom. The average molecular weight is 411 g/mol. The van der Waals surface area contributed by atoms with E-state index < -0.39 is 0 Å². The molecule has 24 heavy (non-hydrogen) atoms. The van der Waals surface area contributed by atoms with Crippen molar-refractivity contribution in [2.24, 2.45) is 0 Å². The molecule has 7 heteroatoms. The normalized spacial score (nSPS) is 10.3. The van der Waals surface area contributed by atoms with Gasteiger partial charge in [-0.05, 0) is 47.1 Å². The summed E-state index contributed by atoms with van der Waals surface area (Å²) in [6.45, 7) is 2.79. The van der Waals surface area contributed by atoms with Crippen LogP contribution in [0, 0.1) is 0 Å².